The molecule has 0 spiro atoms. The van der Waals surface area contributed by atoms with Crippen molar-refractivity contribution >= 4 is 0 Å². The highest BCUT2D eigenvalue weighted by molar-refractivity contribution is 4.86. The maximum absolute atomic E-state index is 12.5. The zero-order chi connectivity index (χ0) is 15.4. The summed E-state index contributed by atoms with van der Waals surface area (Å²) in [5.74, 6) is 0.486. The molecule has 5 heteroatoms. The number of nitrogens with zero attached hydrogens (tertiary/aromatic N) is 1. The van der Waals surface area contributed by atoms with Crippen LogP contribution in [0.1, 0.15) is 52.9 Å². The Labute approximate surface area is 120 Å². The molecule has 0 bridgehead atoms. The maximum atomic E-state index is 12.5. The Morgan fingerprint density at radius 2 is 1.75 bits per heavy atom. The molecule has 0 aromatic rings. The van der Waals surface area contributed by atoms with Gasteiger partial charge in [0.05, 0.1) is 6.54 Å². The molecular weight excluding hydrogens is 265 g/mol. The van der Waals surface area contributed by atoms with Gasteiger partial charge in [0, 0.05) is 6.04 Å². The molecule has 0 heterocycles. The molecule has 0 saturated heterocycles. The lowest BCUT2D eigenvalue weighted by Crippen LogP contribution is -2.37. The molecule has 1 atom stereocenters. The van der Waals surface area contributed by atoms with Crippen molar-refractivity contribution in [3.05, 3.63) is 0 Å². The van der Waals surface area contributed by atoms with Crippen molar-refractivity contribution in [2.75, 3.05) is 19.6 Å². The van der Waals surface area contributed by atoms with Gasteiger partial charge in [-0.15, -0.1) is 0 Å². The SMILES string of the molecule is CC(C)(C)C(CCN)CCCN(CC(F)(F)F)C1CC1. The van der Waals surface area contributed by atoms with E-state index in [1.165, 1.54) is 0 Å². The minimum absolute atomic E-state index is 0.166. The summed E-state index contributed by atoms with van der Waals surface area (Å²) in [6, 6.07) is 0.166. The zero-order valence-electron chi connectivity index (χ0n) is 13.0. The van der Waals surface area contributed by atoms with Crippen LogP contribution >= 0.6 is 0 Å². The largest absolute Gasteiger partial charge is 0.401 e. The number of hydrogen-bond donors (Lipinski definition) is 1. The average molecular weight is 294 g/mol. The van der Waals surface area contributed by atoms with E-state index < -0.39 is 12.7 Å². The zero-order valence-corrected chi connectivity index (χ0v) is 13.0. The lowest BCUT2D eigenvalue weighted by Gasteiger charge is -2.31. The Morgan fingerprint density at radius 3 is 2.15 bits per heavy atom. The van der Waals surface area contributed by atoms with Crippen LogP contribution in [0, 0.1) is 11.3 Å². The van der Waals surface area contributed by atoms with E-state index in [-0.39, 0.29) is 11.5 Å². The highest BCUT2D eigenvalue weighted by atomic mass is 19.4. The topological polar surface area (TPSA) is 29.3 Å². The third-order valence-corrected chi connectivity index (χ3v) is 4.18. The maximum Gasteiger partial charge on any atom is 0.401 e. The van der Waals surface area contributed by atoms with Crippen LogP contribution in [0.2, 0.25) is 0 Å². The predicted molar refractivity (Wildman–Crippen MR) is 76.5 cm³/mol. The molecule has 2 N–H and O–H groups in total. The number of hydrogen-bond acceptors (Lipinski definition) is 2. The van der Waals surface area contributed by atoms with Crippen molar-refractivity contribution in [2.45, 2.75) is 65.1 Å². The van der Waals surface area contributed by atoms with Gasteiger partial charge < -0.3 is 5.73 Å². The number of rotatable bonds is 8. The normalized spacial score (nSPS) is 18.6. The standard InChI is InChI=1S/C15H29F3N2/c1-14(2,3)12(8-9-19)5-4-10-20(13-6-7-13)11-15(16,17)18/h12-13H,4-11,19H2,1-3H3. The molecular formula is C15H29F3N2. The van der Waals surface area contributed by atoms with Crippen LogP contribution < -0.4 is 5.73 Å². The van der Waals surface area contributed by atoms with Crippen LogP contribution in [-0.4, -0.2) is 36.8 Å². The van der Waals surface area contributed by atoms with Crippen molar-refractivity contribution in [2.24, 2.45) is 17.1 Å². The average Bonchev–Trinajstić information content (AvgIpc) is 3.07. The second-order valence-corrected chi connectivity index (χ2v) is 7.10. The van der Waals surface area contributed by atoms with Crippen LogP contribution in [0.5, 0.6) is 0 Å². The van der Waals surface area contributed by atoms with Crippen molar-refractivity contribution in [3.8, 4) is 0 Å². The summed E-state index contributed by atoms with van der Waals surface area (Å²) in [5, 5.41) is 0. The fraction of sp³-hybridized carbons (Fsp3) is 1.00. The summed E-state index contributed by atoms with van der Waals surface area (Å²) in [4.78, 5) is 1.61. The van der Waals surface area contributed by atoms with Gasteiger partial charge in [0.1, 0.15) is 0 Å². The minimum atomic E-state index is -4.08. The Kier molecular flexibility index (Phi) is 6.32. The van der Waals surface area contributed by atoms with E-state index in [0.29, 0.717) is 19.0 Å². The van der Waals surface area contributed by atoms with Gasteiger partial charge in [0.15, 0.2) is 0 Å². The van der Waals surface area contributed by atoms with Crippen molar-refractivity contribution in [1.82, 2.24) is 4.90 Å². The van der Waals surface area contributed by atoms with Gasteiger partial charge in [-0.05, 0) is 56.5 Å². The second-order valence-electron chi connectivity index (χ2n) is 7.10. The molecule has 0 aromatic carbocycles. The lowest BCUT2D eigenvalue weighted by atomic mass is 9.76. The number of halogens is 3. The van der Waals surface area contributed by atoms with Crippen molar-refractivity contribution < 1.29 is 13.2 Å². The fourth-order valence-electron chi connectivity index (χ4n) is 2.81. The van der Waals surface area contributed by atoms with Gasteiger partial charge in [-0.3, -0.25) is 4.90 Å². The Bertz CT molecular complexity index is 280. The van der Waals surface area contributed by atoms with E-state index in [4.69, 9.17) is 5.73 Å². The predicted octanol–water partition coefficient (Wildman–Crippen LogP) is 3.80. The third kappa shape index (κ3) is 6.93. The highest BCUT2D eigenvalue weighted by Crippen LogP contribution is 2.34. The molecule has 0 aromatic heterocycles. The smallest absolute Gasteiger partial charge is 0.330 e. The molecule has 0 amide bonds. The molecule has 1 aliphatic carbocycles. The van der Waals surface area contributed by atoms with E-state index in [9.17, 15) is 13.2 Å². The first-order valence-electron chi connectivity index (χ1n) is 7.64. The minimum Gasteiger partial charge on any atom is -0.330 e. The fourth-order valence-corrected chi connectivity index (χ4v) is 2.81. The van der Waals surface area contributed by atoms with Crippen molar-refractivity contribution in [3.63, 3.8) is 0 Å². The van der Waals surface area contributed by atoms with Crippen LogP contribution in [0.15, 0.2) is 0 Å². The molecule has 1 saturated carbocycles. The lowest BCUT2D eigenvalue weighted by molar-refractivity contribution is -0.147. The Balaban J connectivity index is 2.39. The summed E-state index contributed by atoms with van der Waals surface area (Å²) in [6.45, 7) is 7.00. The summed E-state index contributed by atoms with van der Waals surface area (Å²) in [6.07, 6.45) is 0.495. The second kappa shape index (κ2) is 7.12. The first kappa shape index (κ1) is 17.8. The highest BCUT2D eigenvalue weighted by Gasteiger charge is 2.37. The van der Waals surface area contributed by atoms with Gasteiger partial charge >= 0.3 is 6.18 Å². The summed E-state index contributed by atoms with van der Waals surface area (Å²) in [7, 11) is 0. The molecule has 20 heavy (non-hydrogen) atoms. The number of nitrogens with two attached hydrogens (primary N) is 1. The van der Waals surface area contributed by atoms with Gasteiger partial charge in [-0.25, -0.2) is 0 Å². The monoisotopic (exact) mass is 294 g/mol. The number of alkyl halides is 3. The molecule has 2 nitrogen and oxygen atoms in total. The van der Waals surface area contributed by atoms with Gasteiger partial charge in [-0.1, -0.05) is 20.8 Å². The van der Waals surface area contributed by atoms with E-state index >= 15 is 0 Å². The summed E-state index contributed by atoms with van der Waals surface area (Å²) < 4.78 is 37.6. The molecule has 1 fully saturated rings. The Morgan fingerprint density at radius 1 is 1.15 bits per heavy atom. The first-order chi connectivity index (χ1) is 9.13. The van der Waals surface area contributed by atoms with E-state index in [1.807, 2.05) is 0 Å². The molecule has 1 aliphatic rings. The first-order valence-corrected chi connectivity index (χ1v) is 7.64. The van der Waals surface area contributed by atoms with E-state index in [0.717, 1.165) is 32.1 Å². The van der Waals surface area contributed by atoms with Gasteiger partial charge in [0.2, 0.25) is 0 Å². The van der Waals surface area contributed by atoms with E-state index in [2.05, 4.69) is 20.8 Å². The van der Waals surface area contributed by atoms with Crippen LogP contribution in [0.4, 0.5) is 13.2 Å². The van der Waals surface area contributed by atoms with Gasteiger partial charge in [0.25, 0.3) is 0 Å². The van der Waals surface area contributed by atoms with Crippen LogP contribution in [0.25, 0.3) is 0 Å². The van der Waals surface area contributed by atoms with Crippen molar-refractivity contribution in [1.29, 1.82) is 0 Å². The molecule has 1 rings (SSSR count). The Hall–Kier alpha value is -0.290. The van der Waals surface area contributed by atoms with Gasteiger partial charge in [-0.2, -0.15) is 13.2 Å². The summed E-state index contributed by atoms with van der Waals surface area (Å²) >= 11 is 0. The quantitative estimate of drug-likeness (QED) is 0.737. The molecule has 1 unspecified atom stereocenters. The molecule has 120 valence electrons. The molecule has 0 radical (unpaired) electrons. The van der Waals surface area contributed by atoms with Crippen LogP contribution in [-0.2, 0) is 0 Å². The summed E-state index contributed by atoms with van der Waals surface area (Å²) in [5.41, 5.74) is 5.81. The van der Waals surface area contributed by atoms with E-state index in [1.54, 1.807) is 4.90 Å². The molecule has 0 aliphatic heterocycles. The van der Waals surface area contributed by atoms with Crippen LogP contribution in [0.3, 0.4) is 0 Å². The third-order valence-electron chi connectivity index (χ3n) is 4.18.